The van der Waals surface area contributed by atoms with Crippen molar-refractivity contribution in [3.63, 3.8) is 0 Å². The third-order valence-electron chi connectivity index (χ3n) is 2.52. The number of nitrogens with one attached hydrogen (secondary N) is 4. The summed E-state index contributed by atoms with van der Waals surface area (Å²) in [7, 11) is 0. The summed E-state index contributed by atoms with van der Waals surface area (Å²) in [5.41, 5.74) is 6.63. The summed E-state index contributed by atoms with van der Waals surface area (Å²) < 4.78 is 10.6. The topological polar surface area (TPSA) is 66.6 Å². The van der Waals surface area contributed by atoms with Crippen LogP contribution in [-0.4, -0.2) is 23.6 Å². The van der Waals surface area contributed by atoms with Gasteiger partial charge in [-0.25, -0.2) is 0 Å². The summed E-state index contributed by atoms with van der Waals surface area (Å²) in [5, 5.41) is 6.97. The highest BCUT2D eigenvalue weighted by atomic mass is 32.1. The highest BCUT2D eigenvalue weighted by Gasteiger charge is 2.12. The lowest BCUT2D eigenvalue weighted by Gasteiger charge is -2.13. The van der Waals surface area contributed by atoms with E-state index < -0.39 is 0 Å². The lowest BCUT2D eigenvalue weighted by Crippen LogP contribution is -2.50. The van der Waals surface area contributed by atoms with E-state index in [4.69, 9.17) is 33.9 Å². The Labute approximate surface area is 128 Å². The molecule has 2 rings (SSSR count). The summed E-state index contributed by atoms with van der Waals surface area (Å²) in [5.74, 6) is 1.53. The predicted octanol–water partition coefficient (Wildman–Crippen LogP) is 0.778. The maximum absolute atomic E-state index is 5.32. The number of hydrogen-bond acceptors (Lipinski definition) is 4. The van der Waals surface area contributed by atoms with Gasteiger partial charge in [-0.15, -0.1) is 0 Å². The Bertz CT molecular complexity index is 510. The SMILES string of the molecule is CCNC(=S)NNC(=S)NCc1ccc2c(c1)OCO2. The van der Waals surface area contributed by atoms with Crippen molar-refractivity contribution in [1.29, 1.82) is 0 Å². The van der Waals surface area contributed by atoms with Crippen molar-refractivity contribution in [2.24, 2.45) is 0 Å². The zero-order valence-corrected chi connectivity index (χ0v) is 12.6. The summed E-state index contributed by atoms with van der Waals surface area (Å²) in [6.07, 6.45) is 0. The Hall–Kier alpha value is -1.80. The molecule has 0 amide bonds. The smallest absolute Gasteiger partial charge is 0.231 e. The van der Waals surface area contributed by atoms with E-state index in [0.717, 1.165) is 23.6 Å². The molecule has 20 heavy (non-hydrogen) atoms. The average molecular weight is 312 g/mol. The van der Waals surface area contributed by atoms with Crippen molar-refractivity contribution in [3.05, 3.63) is 23.8 Å². The molecule has 1 aliphatic heterocycles. The van der Waals surface area contributed by atoms with E-state index >= 15 is 0 Å². The van der Waals surface area contributed by atoms with Crippen LogP contribution in [0.25, 0.3) is 0 Å². The Morgan fingerprint density at radius 3 is 2.55 bits per heavy atom. The second-order valence-electron chi connectivity index (χ2n) is 3.98. The zero-order chi connectivity index (χ0) is 14.4. The molecule has 0 aromatic heterocycles. The Kier molecular flexibility index (Phi) is 5.19. The monoisotopic (exact) mass is 312 g/mol. The van der Waals surface area contributed by atoms with Crippen LogP contribution >= 0.6 is 24.4 Å². The van der Waals surface area contributed by atoms with Crippen molar-refractivity contribution >= 4 is 34.7 Å². The van der Waals surface area contributed by atoms with Gasteiger partial charge in [0.25, 0.3) is 0 Å². The van der Waals surface area contributed by atoms with Gasteiger partial charge in [-0.1, -0.05) is 6.07 Å². The van der Waals surface area contributed by atoms with Gasteiger partial charge in [0.2, 0.25) is 6.79 Å². The van der Waals surface area contributed by atoms with Gasteiger partial charge in [0.05, 0.1) is 0 Å². The van der Waals surface area contributed by atoms with Crippen LogP contribution in [0.2, 0.25) is 0 Å². The number of fused-ring (bicyclic) bond motifs is 1. The van der Waals surface area contributed by atoms with Crippen molar-refractivity contribution in [3.8, 4) is 11.5 Å². The molecule has 0 fully saturated rings. The largest absolute Gasteiger partial charge is 0.454 e. The molecule has 0 spiro atoms. The Balaban J connectivity index is 1.74. The number of hydrogen-bond donors (Lipinski definition) is 4. The molecular formula is C12H16N4O2S2. The maximum Gasteiger partial charge on any atom is 0.231 e. The summed E-state index contributed by atoms with van der Waals surface area (Å²) in [4.78, 5) is 0. The zero-order valence-electron chi connectivity index (χ0n) is 11.0. The van der Waals surface area contributed by atoms with Crippen LogP contribution in [-0.2, 0) is 6.54 Å². The molecule has 8 heteroatoms. The van der Waals surface area contributed by atoms with Gasteiger partial charge in [-0.2, -0.15) is 0 Å². The summed E-state index contributed by atoms with van der Waals surface area (Å²) in [6, 6.07) is 5.77. The third kappa shape index (κ3) is 4.10. The van der Waals surface area contributed by atoms with E-state index in [1.807, 2.05) is 25.1 Å². The quantitative estimate of drug-likeness (QED) is 0.482. The van der Waals surface area contributed by atoms with Crippen LogP contribution in [0.1, 0.15) is 12.5 Å². The minimum Gasteiger partial charge on any atom is -0.454 e. The van der Waals surface area contributed by atoms with Crippen LogP contribution < -0.4 is 31.0 Å². The number of hydrazine groups is 1. The molecule has 1 aromatic rings. The molecule has 0 saturated carbocycles. The normalized spacial score (nSPS) is 11.7. The first kappa shape index (κ1) is 14.6. The second-order valence-corrected chi connectivity index (χ2v) is 4.80. The minimum atomic E-state index is 0.276. The average Bonchev–Trinajstić information content (AvgIpc) is 2.90. The van der Waals surface area contributed by atoms with E-state index in [1.165, 1.54) is 0 Å². The number of ether oxygens (including phenoxy) is 2. The third-order valence-corrected chi connectivity index (χ3v) is 3.01. The number of thiocarbonyl (C=S) groups is 2. The summed E-state index contributed by atoms with van der Waals surface area (Å²) in [6.45, 7) is 3.57. The van der Waals surface area contributed by atoms with Gasteiger partial charge in [0, 0.05) is 13.1 Å². The molecular weight excluding hydrogens is 296 g/mol. The molecule has 0 aliphatic carbocycles. The van der Waals surface area contributed by atoms with Crippen LogP contribution in [0.5, 0.6) is 11.5 Å². The van der Waals surface area contributed by atoms with Gasteiger partial charge in [-0.3, -0.25) is 10.9 Å². The first-order valence-corrected chi connectivity index (χ1v) is 6.97. The predicted molar refractivity (Wildman–Crippen MR) is 84.5 cm³/mol. The second kappa shape index (κ2) is 7.11. The van der Waals surface area contributed by atoms with Crippen LogP contribution in [0.4, 0.5) is 0 Å². The minimum absolute atomic E-state index is 0.276. The standard InChI is InChI=1S/C12H16N4O2S2/c1-2-13-11(19)15-16-12(20)14-6-8-3-4-9-10(5-8)18-7-17-9/h3-5H,2,6-7H2,1H3,(H2,13,15,19)(H2,14,16,20). The molecule has 0 bridgehead atoms. The van der Waals surface area contributed by atoms with Crippen molar-refractivity contribution < 1.29 is 9.47 Å². The van der Waals surface area contributed by atoms with Crippen LogP contribution in [0, 0.1) is 0 Å². The first-order chi connectivity index (χ1) is 9.69. The van der Waals surface area contributed by atoms with Crippen LogP contribution in [0.15, 0.2) is 18.2 Å². The molecule has 1 aromatic carbocycles. The van der Waals surface area contributed by atoms with Crippen molar-refractivity contribution in [1.82, 2.24) is 21.5 Å². The molecule has 4 N–H and O–H groups in total. The maximum atomic E-state index is 5.32. The van der Waals surface area contributed by atoms with Gasteiger partial charge < -0.3 is 20.1 Å². The molecule has 6 nitrogen and oxygen atoms in total. The molecule has 108 valence electrons. The van der Waals surface area contributed by atoms with Crippen LogP contribution in [0.3, 0.4) is 0 Å². The number of benzene rings is 1. The van der Waals surface area contributed by atoms with E-state index in [1.54, 1.807) is 0 Å². The molecule has 0 radical (unpaired) electrons. The van der Waals surface area contributed by atoms with E-state index in [2.05, 4.69) is 21.5 Å². The van der Waals surface area contributed by atoms with Crippen molar-refractivity contribution in [2.45, 2.75) is 13.5 Å². The van der Waals surface area contributed by atoms with E-state index in [-0.39, 0.29) is 6.79 Å². The van der Waals surface area contributed by atoms with Gasteiger partial charge in [0.1, 0.15) is 0 Å². The number of rotatable bonds is 3. The molecule has 0 saturated heterocycles. The molecule has 0 unspecified atom stereocenters. The fourth-order valence-corrected chi connectivity index (χ4v) is 1.91. The highest BCUT2D eigenvalue weighted by Crippen LogP contribution is 2.32. The van der Waals surface area contributed by atoms with Gasteiger partial charge in [0.15, 0.2) is 21.7 Å². The van der Waals surface area contributed by atoms with Gasteiger partial charge >= 0.3 is 0 Å². The highest BCUT2D eigenvalue weighted by molar-refractivity contribution is 7.80. The molecule has 0 atom stereocenters. The van der Waals surface area contributed by atoms with Crippen molar-refractivity contribution in [2.75, 3.05) is 13.3 Å². The summed E-state index contributed by atoms with van der Waals surface area (Å²) >= 11 is 10.1. The lowest BCUT2D eigenvalue weighted by molar-refractivity contribution is 0.174. The lowest BCUT2D eigenvalue weighted by atomic mass is 10.2. The first-order valence-electron chi connectivity index (χ1n) is 6.15. The van der Waals surface area contributed by atoms with Gasteiger partial charge in [-0.05, 0) is 49.1 Å². The Morgan fingerprint density at radius 2 is 1.80 bits per heavy atom. The van der Waals surface area contributed by atoms with E-state index in [9.17, 15) is 0 Å². The fourth-order valence-electron chi connectivity index (χ4n) is 1.60. The molecule has 1 heterocycles. The Morgan fingerprint density at radius 1 is 1.10 bits per heavy atom. The fraction of sp³-hybridized carbons (Fsp3) is 0.333. The van der Waals surface area contributed by atoms with E-state index in [0.29, 0.717) is 16.8 Å². The molecule has 1 aliphatic rings.